The van der Waals surface area contributed by atoms with Gasteiger partial charge in [0.1, 0.15) is 0 Å². The van der Waals surface area contributed by atoms with Crippen molar-refractivity contribution in [3.05, 3.63) is 0 Å². The molecular weight excluding hydrogens is 204 g/mol. The molecule has 0 aromatic carbocycles. The highest BCUT2D eigenvalue weighted by atomic mass is 32.2. The lowest BCUT2D eigenvalue weighted by Crippen LogP contribution is -2.40. The Balaban J connectivity index is 2.19. The van der Waals surface area contributed by atoms with Gasteiger partial charge >= 0.3 is 0 Å². The molecule has 0 spiro atoms. The van der Waals surface area contributed by atoms with Crippen molar-refractivity contribution in [1.29, 1.82) is 0 Å². The first-order valence-electron chi connectivity index (χ1n) is 6.30. The summed E-state index contributed by atoms with van der Waals surface area (Å²) < 4.78 is 0. The second-order valence-corrected chi connectivity index (χ2v) is 6.10. The van der Waals surface area contributed by atoms with Crippen LogP contribution in [0.15, 0.2) is 0 Å². The molecule has 3 heteroatoms. The molecule has 2 atom stereocenters. The Bertz CT molecular complexity index is 164. The number of nitrogens with two attached hydrogens (primary N) is 1. The van der Waals surface area contributed by atoms with Gasteiger partial charge in [0.2, 0.25) is 0 Å². The summed E-state index contributed by atoms with van der Waals surface area (Å²) in [6, 6.07) is 0. The Morgan fingerprint density at radius 1 is 1.53 bits per heavy atom. The molecule has 1 heterocycles. The highest BCUT2D eigenvalue weighted by molar-refractivity contribution is 8.00. The molecule has 0 aromatic heterocycles. The Morgan fingerprint density at radius 2 is 2.33 bits per heavy atom. The van der Waals surface area contributed by atoms with E-state index in [1.807, 2.05) is 0 Å². The molecule has 1 fully saturated rings. The minimum Gasteiger partial charge on any atom is -0.330 e. The van der Waals surface area contributed by atoms with E-state index in [0.717, 1.165) is 17.7 Å². The van der Waals surface area contributed by atoms with Crippen molar-refractivity contribution in [2.75, 3.05) is 31.9 Å². The van der Waals surface area contributed by atoms with Crippen LogP contribution < -0.4 is 5.73 Å². The van der Waals surface area contributed by atoms with E-state index < -0.39 is 0 Å². The molecule has 0 radical (unpaired) electrons. The van der Waals surface area contributed by atoms with Crippen molar-refractivity contribution >= 4 is 11.8 Å². The number of nitrogens with zero attached hydrogens (tertiary/aromatic N) is 1. The van der Waals surface area contributed by atoms with E-state index in [0.29, 0.717) is 0 Å². The number of hydrogen-bond donors (Lipinski definition) is 1. The van der Waals surface area contributed by atoms with E-state index in [-0.39, 0.29) is 0 Å². The van der Waals surface area contributed by atoms with Crippen molar-refractivity contribution in [2.45, 2.75) is 38.4 Å². The normalized spacial score (nSPS) is 25.4. The van der Waals surface area contributed by atoms with Gasteiger partial charge in [-0.25, -0.2) is 0 Å². The highest BCUT2D eigenvalue weighted by Gasteiger charge is 2.19. The maximum Gasteiger partial charge on any atom is 0.0172 e. The van der Waals surface area contributed by atoms with Crippen molar-refractivity contribution in [1.82, 2.24) is 4.90 Å². The van der Waals surface area contributed by atoms with E-state index in [1.165, 1.54) is 44.6 Å². The quantitative estimate of drug-likeness (QED) is 0.758. The molecule has 0 amide bonds. The van der Waals surface area contributed by atoms with Gasteiger partial charge in [0.05, 0.1) is 0 Å². The fraction of sp³-hybridized carbons (Fsp3) is 1.00. The third kappa shape index (κ3) is 5.23. The minimum absolute atomic E-state index is 0.814. The summed E-state index contributed by atoms with van der Waals surface area (Å²) in [6.45, 7) is 9.37. The van der Waals surface area contributed by atoms with Crippen LogP contribution in [0.2, 0.25) is 0 Å². The predicted molar refractivity (Wildman–Crippen MR) is 70.4 cm³/mol. The molecule has 0 aromatic rings. The molecule has 2 N–H and O–H groups in total. The zero-order valence-corrected chi connectivity index (χ0v) is 11.1. The average Bonchev–Trinajstić information content (AvgIpc) is 2.26. The molecule has 2 unspecified atom stereocenters. The number of thioether (sulfide) groups is 1. The van der Waals surface area contributed by atoms with Crippen LogP contribution in [-0.4, -0.2) is 42.1 Å². The first-order valence-corrected chi connectivity index (χ1v) is 7.35. The zero-order valence-electron chi connectivity index (χ0n) is 10.2. The molecule has 0 aliphatic carbocycles. The van der Waals surface area contributed by atoms with Crippen molar-refractivity contribution in [3.63, 3.8) is 0 Å². The third-order valence-corrected chi connectivity index (χ3v) is 4.52. The van der Waals surface area contributed by atoms with Crippen LogP contribution in [0.3, 0.4) is 0 Å². The molecule has 15 heavy (non-hydrogen) atoms. The predicted octanol–water partition coefficient (Wildman–Crippen LogP) is 2.19. The maximum absolute atomic E-state index is 5.54. The molecule has 1 aliphatic heterocycles. The van der Waals surface area contributed by atoms with E-state index in [9.17, 15) is 0 Å². The smallest absolute Gasteiger partial charge is 0.0172 e. The zero-order chi connectivity index (χ0) is 11.1. The van der Waals surface area contributed by atoms with Crippen LogP contribution in [0.1, 0.15) is 33.1 Å². The van der Waals surface area contributed by atoms with Gasteiger partial charge in [0.15, 0.2) is 0 Å². The molecular formula is C12H26N2S. The fourth-order valence-corrected chi connectivity index (χ4v) is 3.44. The lowest BCUT2D eigenvalue weighted by Gasteiger charge is -2.33. The minimum atomic E-state index is 0.814. The third-order valence-electron chi connectivity index (χ3n) is 3.15. The van der Waals surface area contributed by atoms with E-state index in [1.54, 1.807) is 0 Å². The summed E-state index contributed by atoms with van der Waals surface area (Å²) in [6.07, 6.45) is 3.79. The van der Waals surface area contributed by atoms with Crippen LogP contribution >= 0.6 is 11.8 Å². The fourth-order valence-electron chi connectivity index (χ4n) is 2.19. The van der Waals surface area contributed by atoms with Crippen LogP contribution in [0.5, 0.6) is 0 Å². The molecule has 0 bridgehead atoms. The summed E-state index contributed by atoms with van der Waals surface area (Å²) in [5, 5.41) is 0.875. The number of hydrogen-bond acceptors (Lipinski definition) is 3. The summed E-state index contributed by atoms with van der Waals surface area (Å²) >= 11 is 2.15. The van der Waals surface area contributed by atoms with Crippen molar-refractivity contribution in [3.8, 4) is 0 Å². The van der Waals surface area contributed by atoms with Gasteiger partial charge in [-0.3, -0.25) is 0 Å². The standard InChI is InChI=1S/C12H26N2S/c1-3-12-10-14(7-8-15-12)9-11(2)5-4-6-13/h11-12H,3-10,13H2,1-2H3. The highest BCUT2D eigenvalue weighted by Crippen LogP contribution is 2.22. The van der Waals surface area contributed by atoms with Crippen LogP contribution in [-0.2, 0) is 0 Å². The molecule has 1 aliphatic rings. The molecule has 1 saturated heterocycles. The lowest BCUT2D eigenvalue weighted by atomic mass is 10.0. The van der Waals surface area contributed by atoms with Gasteiger partial charge in [0.25, 0.3) is 0 Å². The van der Waals surface area contributed by atoms with Crippen molar-refractivity contribution in [2.24, 2.45) is 11.7 Å². The topological polar surface area (TPSA) is 29.3 Å². The lowest BCUT2D eigenvalue weighted by molar-refractivity contribution is 0.237. The summed E-state index contributed by atoms with van der Waals surface area (Å²) in [4.78, 5) is 2.64. The monoisotopic (exact) mass is 230 g/mol. The van der Waals surface area contributed by atoms with E-state index >= 15 is 0 Å². The van der Waals surface area contributed by atoms with Gasteiger partial charge in [-0.05, 0) is 31.7 Å². The van der Waals surface area contributed by atoms with Gasteiger partial charge in [-0.15, -0.1) is 0 Å². The summed E-state index contributed by atoms with van der Waals surface area (Å²) in [5.74, 6) is 2.14. The Hall–Kier alpha value is 0.270. The van der Waals surface area contributed by atoms with Crippen LogP contribution in [0.25, 0.3) is 0 Å². The molecule has 1 rings (SSSR count). The molecule has 90 valence electrons. The van der Waals surface area contributed by atoms with Gasteiger partial charge in [0, 0.05) is 30.6 Å². The largest absolute Gasteiger partial charge is 0.330 e. The first kappa shape index (κ1) is 13.3. The van der Waals surface area contributed by atoms with Gasteiger partial charge in [-0.2, -0.15) is 11.8 Å². The maximum atomic E-state index is 5.54. The second-order valence-electron chi connectivity index (χ2n) is 4.70. The van der Waals surface area contributed by atoms with Crippen molar-refractivity contribution < 1.29 is 0 Å². The SMILES string of the molecule is CCC1CN(CC(C)CCCN)CCS1. The van der Waals surface area contributed by atoms with Gasteiger partial charge < -0.3 is 10.6 Å². The van der Waals surface area contributed by atoms with E-state index in [2.05, 4.69) is 30.5 Å². The van der Waals surface area contributed by atoms with Gasteiger partial charge in [-0.1, -0.05) is 13.8 Å². The Kier molecular flexibility index (Phi) is 6.69. The van der Waals surface area contributed by atoms with Crippen LogP contribution in [0.4, 0.5) is 0 Å². The Morgan fingerprint density at radius 3 is 3.00 bits per heavy atom. The Labute approximate surface area is 99.0 Å². The number of rotatable bonds is 6. The summed E-state index contributed by atoms with van der Waals surface area (Å²) in [7, 11) is 0. The molecule has 0 saturated carbocycles. The van der Waals surface area contributed by atoms with E-state index in [4.69, 9.17) is 5.73 Å². The van der Waals surface area contributed by atoms with Crippen LogP contribution in [0, 0.1) is 5.92 Å². The summed E-state index contributed by atoms with van der Waals surface area (Å²) in [5.41, 5.74) is 5.54. The molecule has 2 nitrogen and oxygen atoms in total. The second kappa shape index (κ2) is 7.53. The average molecular weight is 230 g/mol. The first-order chi connectivity index (χ1) is 7.26.